The highest BCUT2D eigenvalue weighted by Gasteiger charge is 2.26. The fourth-order valence-corrected chi connectivity index (χ4v) is 4.92. The van der Waals surface area contributed by atoms with Gasteiger partial charge < -0.3 is 28.8 Å². The van der Waals surface area contributed by atoms with Crippen LogP contribution in [0.2, 0.25) is 0 Å². The van der Waals surface area contributed by atoms with Gasteiger partial charge in [-0.05, 0) is 36.8 Å². The van der Waals surface area contributed by atoms with Gasteiger partial charge in [0, 0.05) is 32.8 Å². The molecule has 0 radical (unpaired) electrons. The van der Waals surface area contributed by atoms with Crippen molar-refractivity contribution in [2.24, 2.45) is 0 Å². The molecule has 6 rings (SSSR count). The van der Waals surface area contributed by atoms with Crippen LogP contribution in [0.1, 0.15) is 22.6 Å². The van der Waals surface area contributed by atoms with Gasteiger partial charge in [0.2, 0.25) is 0 Å². The van der Waals surface area contributed by atoms with Gasteiger partial charge in [0.15, 0.2) is 11.5 Å². The fourth-order valence-electron chi connectivity index (χ4n) is 4.92. The van der Waals surface area contributed by atoms with E-state index >= 15 is 0 Å². The van der Waals surface area contributed by atoms with Crippen LogP contribution in [0, 0.1) is 0 Å². The molecule has 1 unspecified atom stereocenters. The number of ether oxygens (including phenoxy) is 3. The molecule has 2 saturated heterocycles. The van der Waals surface area contributed by atoms with Crippen molar-refractivity contribution in [3.63, 3.8) is 0 Å². The molecular formula is C25H28N4O5. The van der Waals surface area contributed by atoms with Gasteiger partial charge in [0.05, 0.1) is 41.5 Å². The molecule has 34 heavy (non-hydrogen) atoms. The van der Waals surface area contributed by atoms with Crippen molar-refractivity contribution in [2.75, 3.05) is 50.9 Å². The highest BCUT2D eigenvalue weighted by atomic mass is 16.6. The minimum atomic E-state index is -0.926. The van der Waals surface area contributed by atoms with Crippen LogP contribution in [-0.4, -0.2) is 77.6 Å². The van der Waals surface area contributed by atoms with Crippen LogP contribution in [0.3, 0.4) is 0 Å². The zero-order valence-electron chi connectivity index (χ0n) is 19.0. The molecule has 2 fully saturated rings. The van der Waals surface area contributed by atoms with Gasteiger partial charge in [0.1, 0.15) is 19.0 Å². The molecule has 1 N–H and O–H groups in total. The Kier molecular flexibility index (Phi) is 5.50. The smallest absolute Gasteiger partial charge is 0.335 e. The van der Waals surface area contributed by atoms with Gasteiger partial charge in [-0.3, -0.25) is 4.90 Å². The molecule has 1 atom stereocenters. The van der Waals surface area contributed by atoms with Crippen molar-refractivity contribution in [1.29, 1.82) is 0 Å². The third-order valence-corrected chi connectivity index (χ3v) is 6.88. The first kappa shape index (κ1) is 21.2. The number of hydrogen-bond acceptors (Lipinski definition) is 7. The normalized spacial score (nSPS) is 20.4. The summed E-state index contributed by atoms with van der Waals surface area (Å²) in [6.07, 6.45) is 1.18. The van der Waals surface area contributed by atoms with Crippen LogP contribution in [0.4, 0.5) is 5.69 Å². The maximum atomic E-state index is 11.5. The van der Waals surface area contributed by atoms with E-state index in [0.29, 0.717) is 26.3 Å². The average Bonchev–Trinajstić information content (AvgIpc) is 3.17. The second kappa shape index (κ2) is 8.81. The molecule has 4 heterocycles. The Bertz CT molecular complexity index is 1210. The van der Waals surface area contributed by atoms with Crippen molar-refractivity contribution in [1.82, 2.24) is 14.5 Å². The van der Waals surface area contributed by atoms with E-state index in [9.17, 15) is 9.90 Å². The molecule has 9 nitrogen and oxygen atoms in total. The van der Waals surface area contributed by atoms with Gasteiger partial charge >= 0.3 is 5.97 Å². The summed E-state index contributed by atoms with van der Waals surface area (Å²) in [6, 6.07) is 11.2. The van der Waals surface area contributed by atoms with E-state index in [1.54, 1.807) is 18.2 Å². The summed E-state index contributed by atoms with van der Waals surface area (Å²) < 4.78 is 19.5. The zero-order chi connectivity index (χ0) is 23.1. The van der Waals surface area contributed by atoms with E-state index in [2.05, 4.69) is 20.4 Å². The zero-order valence-corrected chi connectivity index (χ0v) is 19.0. The lowest BCUT2D eigenvalue weighted by Crippen LogP contribution is -2.46. The third kappa shape index (κ3) is 3.95. The van der Waals surface area contributed by atoms with Gasteiger partial charge in [-0.2, -0.15) is 0 Å². The van der Waals surface area contributed by atoms with E-state index in [1.165, 1.54) is 0 Å². The largest absolute Gasteiger partial charge is 0.486 e. The first-order valence-electron chi connectivity index (χ1n) is 11.9. The van der Waals surface area contributed by atoms with Crippen LogP contribution in [-0.2, 0) is 17.8 Å². The van der Waals surface area contributed by atoms with Crippen molar-refractivity contribution in [3.8, 4) is 11.5 Å². The Balaban J connectivity index is 1.20. The van der Waals surface area contributed by atoms with Gasteiger partial charge in [0.25, 0.3) is 0 Å². The van der Waals surface area contributed by atoms with E-state index in [4.69, 9.17) is 19.2 Å². The van der Waals surface area contributed by atoms with E-state index in [1.807, 2.05) is 12.1 Å². The maximum absolute atomic E-state index is 11.5. The van der Waals surface area contributed by atoms with Crippen LogP contribution in [0.25, 0.3) is 11.0 Å². The van der Waals surface area contributed by atoms with Crippen molar-refractivity contribution in [2.45, 2.75) is 25.6 Å². The minimum absolute atomic E-state index is 0.160. The molecule has 0 spiro atoms. The van der Waals surface area contributed by atoms with Crippen LogP contribution >= 0.6 is 0 Å². The summed E-state index contributed by atoms with van der Waals surface area (Å²) in [7, 11) is 0. The number of rotatable bonds is 6. The monoisotopic (exact) mass is 464 g/mol. The maximum Gasteiger partial charge on any atom is 0.335 e. The molecule has 0 bridgehead atoms. The summed E-state index contributed by atoms with van der Waals surface area (Å²) in [5, 5.41) is 9.45. The second-order valence-corrected chi connectivity index (χ2v) is 8.99. The SMILES string of the molecule is O=C(O)c1ccc2nc(CN3CCN(c4cccc5c4OCCO5)CC3)n(CC3CCO3)c2c1. The lowest BCUT2D eigenvalue weighted by molar-refractivity contribution is -0.0592. The first-order valence-corrected chi connectivity index (χ1v) is 11.9. The number of anilines is 1. The summed E-state index contributed by atoms with van der Waals surface area (Å²) in [6.45, 7) is 6.92. The summed E-state index contributed by atoms with van der Waals surface area (Å²) in [5.41, 5.74) is 3.05. The number of carboxylic acid groups (broad SMARTS) is 1. The number of carbonyl (C=O) groups is 1. The predicted molar refractivity (Wildman–Crippen MR) is 126 cm³/mol. The molecule has 3 aliphatic heterocycles. The number of hydrogen-bond donors (Lipinski definition) is 1. The molecule has 3 aliphatic rings. The first-order chi connectivity index (χ1) is 16.7. The average molecular weight is 465 g/mol. The Hall–Kier alpha value is -3.30. The number of piperazine rings is 1. The van der Waals surface area contributed by atoms with Gasteiger partial charge in [-0.25, -0.2) is 9.78 Å². The van der Waals surface area contributed by atoms with Crippen LogP contribution in [0.5, 0.6) is 11.5 Å². The Morgan fingerprint density at radius 2 is 1.88 bits per heavy atom. The van der Waals surface area contributed by atoms with Crippen LogP contribution < -0.4 is 14.4 Å². The predicted octanol–water partition coefficient (Wildman–Crippen LogP) is 2.62. The Morgan fingerprint density at radius 3 is 2.65 bits per heavy atom. The summed E-state index contributed by atoms with van der Waals surface area (Å²) >= 11 is 0. The molecule has 1 aromatic heterocycles. The number of para-hydroxylation sites is 1. The van der Waals surface area contributed by atoms with E-state index in [0.717, 1.165) is 73.3 Å². The number of aromatic carboxylic acids is 1. The number of fused-ring (bicyclic) bond motifs is 2. The highest BCUT2D eigenvalue weighted by Crippen LogP contribution is 2.39. The Morgan fingerprint density at radius 1 is 1.06 bits per heavy atom. The second-order valence-electron chi connectivity index (χ2n) is 8.99. The quantitative estimate of drug-likeness (QED) is 0.596. The number of carboxylic acids is 1. The highest BCUT2D eigenvalue weighted by molar-refractivity contribution is 5.92. The topological polar surface area (TPSA) is 89.3 Å². The molecule has 0 amide bonds. The van der Waals surface area contributed by atoms with Crippen molar-refractivity contribution in [3.05, 3.63) is 47.8 Å². The summed E-state index contributed by atoms with van der Waals surface area (Å²) in [5.74, 6) is 1.69. The minimum Gasteiger partial charge on any atom is -0.486 e. The van der Waals surface area contributed by atoms with Gasteiger partial charge in [-0.15, -0.1) is 0 Å². The molecule has 0 saturated carbocycles. The Labute approximate surface area is 197 Å². The molecule has 9 heteroatoms. The molecule has 2 aromatic carbocycles. The molecule has 0 aliphatic carbocycles. The number of aromatic nitrogens is 2. The standard InChI is InChI=1S/C25H28N4O5/c30-25(31)17-4-5-19-21(14-17)29(15-18-6-11-32-18)23(26-19)16-27-7-9-28(10-8-27)20-2-1-3-22-24(20)34-13-12-33-22/h1-5,14,18H,6-13,15-16H2,(H,30,31). The fraction of sp³-hybridized carbons (Fsp3) is 0.440. The summed E-state index contributed by atoms with van der Waals surface area (Å²) in [4.78, 5) is 21.2. The molecular weight excluding hydrogens is 436 g/mol. The van der Waals surface area contributed by atoms with Crippen molar-refractivity contribution < 1.29 is 24.1 Å². The van der Waals surface area contributed by atoms with E-state index < -0.39 is 5.97 Å². The van der Waals surface area contributed by atoms with Gasteiger partial charge in [-0.1, -0.05) is 6.07 Å². The molecule has 178 valence electrons. The number of benzene rings is 2. The van der Waals surface area contributed by atoms with E-state index in [-0.39, 0.29) is 11.7 Å². The number of imidazole rings is 1. The number of nitrogens with zero attached hydrogens (tertiary/aromatic N) is 4. The van der Waals surface area contributed by atoms with Crippen molar-refractivity contribution >= 4 is 22.7 Å². The van der Waals surface area contributed by atoms with Crippen LogP contribution in [0.15, 0.2) is 36.4 Å². The lowest BCUT2D eigenvalue weighted by atomic mass is 10.1. The third-order valence-electron chi connectivity index (χ3n) is 6.88. The lowest BCUT2D eigenvalue weighted by Gasteiger charge is -2.37. The molecule has 3 aromatic rings.